The molecular weight excluding hydrogens is 308 g/mol. The lowest BCUT2D eigenvalue weighted by Crippen LogP contribution is -2.39. The Morgan fingerprint density at radius 2 is 2.08 bits per heavy atom. The van der Waals surface area contributed by atoms with Gasteiger partial charge in [0, 0.05) is 26.3 Å². The highest BCUT2D eigenvalue weighted by Crippen LogP contribution is 2.52. The number of hydrogen-bond acceptors (Lipinski definition) is 4. The van der Waals surface area contributed by atoms with Crippen LogP contribution in [0.3, 0.4) is 0 Å². The van der Waals surface area contributed by atoms with E-state index >= 15 is 0 Å². The number of carbonyl (C=O) groups excluding carboxylic acids is 1. The molecular formula is C18H20N2O4. The van der Waals surface area contributed by atoms with Gasteiger partial charge in [-0.2, -0.15) is 0 Å². The summed E-state index contributed by atoms with van der Waals surface area (Å²) in [4.78, 5) is 28.1. The molecule has 0 unspecified atom stereocenters. The number of ether oxygens (including phenoxy) is 1. The summed E-state index contributed by atoms with van der Waals surface area (Å²) in [5, 5.41) is 9.47. The Kier molecular flexibility index (Phi) is 3.22. The normalized spacial score (nSPS) is 33.2. The molecule has 0 radical (unpaired) electrons. The molecule has 4 rings (SSSR count). The van der Waals surface area contributed by atoms with Gasteiger partial charge in [0.1, 0.15) is 11.5 Å². The van der Waals surface area contributed by atoms with Crippen LogP contribution in [-0.2, 0) is 20.9 Å². The van der Waals surface area contributed by atoms with Gasteiger partial charge in [0.25, 0.3) is 0 Å². The van der Waals surface area contributed by atoms with Crippen molar-refractivity contribution in [1.29, 1.82) is 0 Å². The number of aliphatic carboxylic acids is 1. The molecule has 3 aliphatic rings. The van der Waals surface area contributed by atoms with E-state index in [4.69, 9.17) is 4.74 Å². The largest absolute Gasteiger partial charge is 0.481 e. The Bertz CT molecular complexity index is 727. The van der Waals surface area contributed by atoms with Gasteiger partial charge in [-0.25, -0.2) is 0 Å². The van der Waals surface area contributed by atoms with Gasteiger partial charge in [0.2, 0.25) is 5.91 Å². The summed E-state index contributed by atoms with van der Waals surface area (Å²) in [6.07, 6.45) is 3.20. The van der Waals surface area contributed by atoms with Gasteiger partial charge in [0.15, 0.2) is 0 Å². The quantitative estimate of drug-likeness (QED) is 0.839. The first-order chi connectivity index (χ1) is 11.4. The van der Waals surface area contributed by atoms with Crippen LogP contribution in [0.25, 0.3) is 0 Å². The molecule has 2 bridgehead atoms. The first kappa shape index (κ1) is 15.2. The van der Waals surface area contributed by atoms with Crippen molar-refractivity contribution in [3.63, 3.8) is 0 Å². The van der Waals surface area contributed by atoms with Crippen molar-refractivity contribution in [3.8, 4) is 0 Å². The van der Waals surface area contributed by atoms with Gasteiger partial charge in [0.05, 0.1) is 18.6 Å². The molecule has 1 aromatic rings. The fourth-order valence-electron chi connectivity index (χ4n) is 4.11. The minimum atomic E-state index is -0.957. The first-order valence-electron chi connectivity index (χ1n) is 8.06. The van der Waals surface area contributed by atoms with E-state index < -0.39 is 29.5 Å². The predicted molar refractivity (Wildman–Crippen MR) is 87.5 cm³/mol. The zero-order valence-corrected chi connectivity index (χ0v) is 13.7. The van der Waals surface area contributed by atoms with E-state index in [9.17, 15) is 14.7 Å². The smallest absolute Gasteiger partial charge is 0.310 e. The van der Waals surface area contributed by atoms with Crippen LogP contribution in [0.2, 0.25) is 0 Å². The molecule has 1 N–H and O–H groups in total. The van der Waals surface area contributed by atoms with Crippen LogP contribution in [0.5, 0.6) is 0 Å². The number of benzene rings is 1. The van der Waals surface area contributed by atoms with Crippen molar-refractivity contribution in [3.05, 3.63) is 42.0 Å². The van der Waals surface area contributed by atoms with Crippen LogP contribution in [0.4, 0.5) is 5.69 Å². The minimum absolute atomic E-state index is 0.120. The lowest BCUT2D eigenvalue weighted by atomic mass is 9.77. The molecule has 4 atom stereocenters. The van der Waals surface area contributed by atoms with E-state index in [1.807, 2.05) is 49.3 Å². The van der Waals surface area contributed by atoms with Crippen molar-refractivity contribution < 1.29 is 19.4 Å². The van der Waals surface area contributed by atoms with E-state index in [-0.39, 0.29) is 5.91 Å². The van der Waals surface area contributed by atoms with Crippen LogP contribution in [0, 0.1) is 11.8 Å². The number of nitrogens with zero attached hydrogens (tertiary/aromatic N) is 2. The van der Waals surface area contributed by atoms with E-state index in [1.165, 1.54) is 0 Å². The SMILES string of the molecule is CN(C)c1ccc(CN2C[C@]34C=C[C@H](O3)[C@@H](C(=O)O)[C@@H]4C2=O)cc1. The standard InChI is InChI=1S/C18H20N2O4/c1-19(2)12-5-3-11(4-6-12)9-20-10-18-8-7-13(24-18)14(17(22)23)15(18)16(20)21/h3-8,13-15H,9-10H2,1-2H3,(H,22,23)/t13-,14+,15+,18-/m0/s1. The molecule has 0 aliphatic carbocycles. The number of carbonyl (C=O) groups is 2. The van der Waals surface area contributed by atoms with E-state index in [2.05, 4.69) is 0 Å². The number of likely N-dealkylation sites (tertiary alicyclic amines) is 1. The average molecular weight is 328 g/mol. The van der Waals surface area contributed by atoms with Crippen molar-refractivity contribution in [2.75, 3.05) is 25.5 Å². The van der Waals surface area contributed by atoms with Crippen molar-refractivity contribution >= 4 is 17.6 Å². The topological polar surface area (TPSA) is 70.1 Å². The van der Waals surface area contributed by atoms with Crippen LogP contribution in [0.15, 0.2) is 36.4 Å². The molecule has 1 aromatic carbocycles. The maximum atomic E-state index is 12.8. The molecule has 0 aromatic heterocycles. The number of anilines is 1. The van der Waals surface area contributed by atoms with Gasteiger partial charge < -0.3 is 19.6 Å². The molecule has 6 nitrogen and oxygen atoms in total. The van der Waals surface area contributed by atoms with Crippen LogP contribution in [-0.4, -0.2) is 54.2 Å². The van der Waals surface area contributed by atoms with Gasteiger partial charge in [-0.05, 0) is 17.7 Å². The van der Waals surface area contributed by atoms with E-state index in [1.54, 1.807) is 11.0 Å². The molecule has 6 heteroatoms. The molecule has 2 saturated heterocycles. The lowest BCUT2D eigenvalue weighted by molar-refractivity contribution is -0.148. The number of carboxylic acids is 1. The molecule has 0 saturated carbocycles. The first-order valence-corrected chi connectivity index (χ1v) is 8.06. The summed E-state index contributed by atoms with van der Waals surface area (Å²) in [5.74, 6) is -2.46. The second-order valence-electron chi connectivity index (χ2n) is 6.99. The number of amides is 1. The molecule has 2 fully saturated rings. The monoisotopic (exact) mass is 328 g/mol. The molecule has 1 spiro atoms. The third-order valence-electron chi connectivity index (χ3n) is 5.29. The number of fused-ring (bicyclic) bond motifs is 1. The number of rotatable bonds is 4. The Hall–Kier alpha value is -2.34. The van der Waals surface area contributed by atoms with Crippen LogP contribution >= 0.6 is 0 Å². The van der Waals surface area contributed by atoms with Gasteiger partial charge in [-0.3, -0.25) is 9.59 Å². The van der Waals surface area contributed by atoms with Crippen LogP contribution in [0.1, 0.15) is 5.56 Å². The minimum Gasteiger partial charge on any atom is -0.481 e. The van der Waals surface area contributed by atoms with Crippen LogP contribution < -0.4 is 4.90 Å². The summed E-state index contributed by atoms with van der Waals surface area (Å²) < 4.78 is 5.89. The third-order valence-corrected chi connectivity index (χ3v) is 5.29. The van der Waals surface area contributed by atoms with Gasteiger partial charge in [-0.15, -0.1) is 0 Å². The Balaban J connectivity index is 1.55. The number of carboxylic acid groups (broad SMARTS) is 1. The summed E-state index contributed by atoms with van der Waals surface area (Å²) in [6.45, 7) is 0.891. The van der Waals surface area contributed by atoms with E-state index in [0.29, 0.717) is 13.1 Å². The zero-order chi connectivity index (χ0) is 17.1. The Morgan fingerprint density at radius 1 is 1.38 bits per heavy atom. The molecule has 3 heterocycles. The van der Waals surface area contributed by atoms with Crippen molar-refractivity contribution in [2.45, 2.75) is 18.2 Å². The highest BCUT2D eigenvalue weighted by Gasteiger charge is 2.66. The maximum absolute atomic E-state index is 12.8. The molecule has 1 amide bonds. The third kappa shape index (κ3) is 2.06. The fourth-order valence-corrected chi connectivity index (χ4v) is 4.11. The number of hydrogen-bond donors (Lipinski definition) is 1. The zero-order valence-electron chi connectivity index (χ0n) is 13.7. The summed E-state index contributed by atoms with van der Waals surface area (Å²) in [7, 11) is 3.96. The Morgan fingerprint density at radius 3 is 2.71 bits per heavy atom. The van der Waals surface area contributed by atoms with Crippen molar-refractivity contribution in [1.82, 2.24) is 4.90 Å². The summed E-state index contributed by atoms with van der Waals surface area (Å²) in [6, 6.07) is 8.02. The maximum Gasteiger partial charge on any atom is 0.310 e. The second-order valence-corrected chi connectivity index (χ2v) is 6.99. The average Bonchev–Trinajstić information content (AvgIpc) is 3.16. The predicted octanol–water partition coefficient (Wildman–Crippen LogP) is 1.12. The summed E-state index contributed by atoms with van der Waals surface area (Å²) in [5.41, 5.74) is 1.36. The molecule has 24 heavy (non-hydrogen) atoms. The highest BCUT2D eigenvalue weighted by atomic mass is 16.5. The molecule has 3 aliphatic heterocycles. The lowest BCUT2D eigenvalue weighted by Gasteiger charge is -2.21. The van der Waals surface area contributed by atoms with E-state index in [0.717, 1.165) is 11.3 Å². The fraction of sp³-hybridized carbons (Fsp3) is 0.444. The highest BCUT2D eigenvalue weighted by molar-refractivity contribution is 5.90. The Labute approximate surface area is 140 Å². The second kappa shape index (κ2) is 5.08. The molecule has 126 valence electrons. The van der Waals surface area contributed by atoms with Crippen molar-refractivity contribution in [2.24, 2.45) is 11.8 Å². The van der Waals surface area contributed by atoms with Gasteiger partial charge in [-0.1, -0.05) is 24.3 Å². The summed E-state index contributed by atoms with van der Waals surface area (Å²) >= 11 is 0. The van der Waals surface area contributed by atoms with Gasteiger partial charge >= 0.3 is 5.97 Å².